The van der Waals surface area contributed by atoms with Crippen molar-refractivity contribution < 1.29 is 9.90 Å². The molecule has 1 unspecified atom stereocenters. The smallest absolute Gasteiger partial charge is 0.306 e. The number of aliphatic carboxylic acids is 1. The van der Waals surface area contributed by atoms with Gasteiger partial charge in [0.05, 0.1) is 5.92 Å². The van der Waals surface area contributed by atoms with Crippen molar-refractivity contribution in [1.82, 2.24) is 4.98 Å². The standard InChI is InChI=1S/C11H14N2O2/c1-8(11(14)15)9-6-13(7-9)10-2-4-12-5-3-10/h2-5,8-9H,6-7H2,1H3,(H,14,15). The van der Waals surface area contributed by atoms with E-state index >= 15 is 0 Å². The first-order chi connectivity index (χ1) is 7.18. The first kappa shape index (κ1) is 9.96. The molecule has 2 rings (SSSR count). The molecular weight excluding hydrogens is 192 g/mol. The van der Waals surface area contributed by atoms with E-state index in [1.807, 2.05) is 12.1 Å². The minimum atomic E-state index is -0.700. The molecule has 1 aliphatic rings. The van der Waals surface area contributed by atoms with Gasteiger partial charge in [-0.3, -0.25) is 9.78 Å². The molecule has 1 aromatic heterocycles. The minimum absolute atomic E-state index is 0.247. The molecule has 0 saturated carbocycles. The van der Waals surface area contributed by atoms with E-state index in [0.717, 1.165) is 18.8 Å². The number of hydrogen-bond donors (Lipinski definition) is 1. The Bertz CT molecular complexity index is 347. The third-order valence-electron chi connectivity index (χ3n) is 3.03. The van der Waals surface area contributed by atoms with Gasteiger partial charge in [0.1, 0.15) is 0 Å². The summed E-state index contributed by atoms with van der Waals surface area (Å²) < 4.78 is 0. The highest BCUT2D eigenvalue weighted by atomic mass is 16.4. The number of rotatable bonds is 3. The van der Waals surface area contributed by atoms with Crippen LogP contribution in [0.3, 0.4) is 0 Å². The first-order valence-corrected chi connectivity index (χ1v) is 5.06. The molecule has 80 valence electrons. The number of hydrogen-bond acceptors (Lipinski definition) is 3. The normalized spacial score (nSPS) is 18.3. The fourth-order valence-corrected chi connectivity index (χ4v) is 1.80. The van der Waals surface area contributed by atoms with Gasteiger partial charge in [-0.05, 0) is 12.1 Å². The maximum Gasteiger partial charge on any atom is 0.306 e. The van der Waals surface area contributed by atoms with Gasteiger partial charge < -0.3 is 10.0 Å². The Balaban J connectivity index is 1.91. The second kappa shape index (κ2) is 3.88. The zero-order valence-electron chi connectivity index (χ0n) is 8.63. The van der Waals surface area contributed by atoms with E-state index in [1.54, 1.807) is 19.3 Å². The molecule has 1 aliphatic heterocycles. The van der Waals surface area contributed by atoms with Crippen molar-refractivity contribution in [3.05, 3.63) is 24.5 Å². The molecule has 0 amide bonds. The van der Waals surface area contributed by atoms with E-state index in [4.69, 9.17) is 5.11 Å². The molecule has 2 heterocycles. The van der Waals surface area contributed by atoms with Crippen molar-refractivity contribution in [2.75, 3.05) is 18.0 Å². The van der Waals surface area contributed by atoms with E-state index < -0.39 is 5.97 Å². The molecule has 4 nitrogen and oxygen atoms in total. The molecular formula is C11H14N2O2. The van der Waals surface area contributed by atoms with Crippen LogP contribution in [0.15, 0.2) is 24.5 Å². The molecule has 1 fully saturated rings. The Labute approximate surface area is 88.6 Å². The lowest BCUT2D eigenvalue weighted by Gasteiger charge is -2.42. The monoisotopic (exact) mass is 206 g/mol. The zero-order chi connectivity index (χ0) is 10.8. The lowest BCUT2D eigenvalue weighted by molar-refractivity contribution is -0.143. The van der Waals surface area contributed by atoms with Crippen LogP contribution in [-0.4, -0.2) is 29.1 Å². The average molecular weight is 206 g/mol. The van der Waals surface area contributed by atoms with Gasteiger partial charge in [-0.1, -0.05) is 6.92 Å². The SMILES string of the molecule is CC(C(=O)O)C1CN(c2ccncc2)C1. The van der Waals surface area contributed by atoms with Crippen LogP contribution < -0.4 is 4.90 Å². The Hall–Kier alpha value is -1.58. The highest BCUT2D eigenvalue weighted by Gasteiger charge is 2.34. The van der Waals surface area contributed by atoms with Gasteiger partial charge in [0.2, 0.25) is 0 Å². The van der Waals surface area contributed by atoms with Crippen molar-refractivity contribution in [1.29, 1.82) is 0 Å². The number of anilines is 1. The van der Waals surface area contributed by atoms with Crippen LogP contribution >= 0.6 is 0 Å². The van der Waals surface area contributed by atoms with E-state index in [0.29, 0.717) is 0 Å². The van der Waals surface area contributed by atoms with Crippen LogP contribution in [0.5, 0.6) is 0 Å². The summed E-state index contributed by atoms with van der Waals surface area (Å²) in [6, 6.07) is 3.89. The summed E-state index contributed by atoms with van der Waals surface area (Å²) >= 11 is 0. The van der Waals surface area contributed by atoms with Crippen LogP contribution in [0.1, 0.15) is 6.92 Å². The van der Waals surface area contributed by atoms with E-state index in [2.05, 4.69) is 9.88 Å². The third-order valence-corrected chi connectivity index (χ3v) is 3.03. The van der Waals surface area contributed by atoms with Gasteiger partial charge in [0.15, 0.2) is 0 Å². The summed E-state index contributed by atoms with van der Waals surface area (Å²) in [4.78, 5) is 16.9. The largest absolute Gasteiger partial charge is 0.481 e. The minimum Gasteiger partial charge on any atom is -0.481 e. The third kappa shape index (κ3) is 1.93. The molecule has 0 spiro atoms. The lowest BCUT2D eigenvalue weighted by Crippen LogP contribution is -2.51. The maximum atomic E-state index is 10.7. The van der Waals surface area contributed by atoms with Gasteiger partial charge in [0, 0.05) is 37.1 Å². The predicted octanol–water partition coefficient (Wildman–Crippen LogP) is 1.24. The fraction of sp³-hybridized carbons (Fsp3) is 0.455. The Morgan fingerprint density at radius 3 is 2.67 bits per heavy atom. The zero-order valence-corrected chi connectivity index (χ0v) is 8.63. The molecule has 0 aromatic carbocycles. The summed E-state index contributed by atoms with van der Waals surface area (Å²) in [5, 5.41) is 8.85. The van der Waals surface area contributed by atoms with Crippen molar-refractivity contribution in [2.24, 2.45) is 11.8 Å². The van der Waals surface area contributed by atoms with E-state index in [-0.39, 0.29) is 11.8 Å². The summed E-state index contributed by atoms with van der Waals surface area (Å²) in [5.74, 6) is -0.673. The summed E-state index contributed by atoms with van der Waals surface area (Å²) in [6.45, 7) is 3.44. The number of aromatic nitrogens is 1. The topological polar surface area (TPSA) is 53.4 Å². The Morgan fingerprint density at radius 2 is 2.13 bits per heavy atom. The van der Waals surface area contributed by atoms with E-state index in [1.165, 1.54) is 0 Å². The number of carboxylic acid groups (broad SMARTS) is 1. The van der Waals surface area contributed by atoms with Gasteiger partial charge in [-0.2, -0.15) is 0 Å². The predicted molar refractivity (Wildman–Crippen MR) is 56.7 cm³/mol. The summed E-state index contributed by atoms with van der Waals surface area (Å²) in [6.07, 6.45) is 3.51. The van der Waals surface area contributed by atoms with Crippen LogP contribution in [0.4, 0.5) is 5.69 Å². The second-order valence-corrected chi connectivity index (χ2v) is 4.00. The highest BCUT2D eigenvalue weighted by molar-refractivity contribution is 5.70. The van der Waals surface area contributed by atoms with Gasteiger partial charge in [0.25, 0.3) is 0 Å². The number of pyridine rings is 1. The molecule has 4 heteroatoms. The quantitative estimate of drug-likeness (QED) is 0.808. The van der Waals surface area contributed by atoms with Crippen molar-refractivity contribution >= 4 is 11.7 Å². The van der Waals surface area contributed by atoms with Crippen molar-refractivity contribution in [2.45, 2.75) is 6.92 Å². The number of carbonyl (C=O) groups is 1. The molecule has 15 heavy (non-hydrogen) atoms. The van der Waals surface area contributed by atoms with Crippen LogP contribution in [0, 0.1) is 11.8 Å². The second-order valence-electron chi connectivity index (χ2n) is 4.00. The highest BCUT2D eigenvalue weighted by Crippen LogP contribution is 2.28. The van der Waals surface area contributed by atoms with Gasteiger partial charge >= 0.3 is 5.97 Å². The fourth-order valence-electron chi connectivity index (χ4n) is 1.80. The molecule has 1 atom stereocenters. The first-order valence-electron chi connectivity index (χ1n) is 5.06. The van der Waals surface area contributed by atoms with Gasteiger partial charge in [-0.15, -0.1) is 0 Å². The van der Waals surface area contributed by atoms with E-state index in [9.17, 15) is 4.79 Å². The van der Waals surface area contributed by atoms with Crippen molar-refractivity contribution in [3.8, 4) is 0 Å². The van der Waals surface area contributed by atoms with Crippen LogP contribution in [-0.2, 0) is 4.79 Å². The molecule has 0 aliphatic carbocycles. The number of carboxylic acids is 1. The van der Waals surface area contributed by atoms with Gasteiger partial charge in [-0.25, -0.2) is 0 Å². The van der Waals surface area contributed by atoms with Crippen molar-refractivity contribution in [3.63, 3.8) is 0 Å². The summed E-state index contributed by atoms with van der Waals surface area (Å²) in [7, 11) is 0. The summed E-state index contributed by atoms with van der Waals surface area (Å²) in [5.41, 5.74) is 1.12. The number of nitrogens with zero attached hydrogens (tertiary/aromatic N) is 2. The Kier molecular flexibility index (Phi) is 2.58. The average Bonchev–Trinajstić information content (AvgIpc) is 2.17. The Morgan fingerprint density at radius 1 is 1.53 bits per heavy atom. The maximum absolute atomic E-state index is 10.7. The molecule has 1 saturated heterocycles. The lowest BCUT2D eigenvalue weighted by atomic mass is 9.87. The molecule has 1 N–H and O–H groups in total. The molecule has 0 bridgehead atoms. The van der Waals surface area contributed by atoms with Crippen LogP contribution in [0.2, 0.25) is 0 Å². The molecule has 0 radical (unpaired) electrons. The van der Waals surface area contributed by atoms with Crippen LogP contribution in [0.25, 0.3) is 0 Å². The molecule has 1 aromatic rings.